The molecular weight excluding hydrogens is 260 g/mol. The lowest BCUT2D eigenvalue weighted by Crippen LogP contribution is -2.33. The summed E-state index contributed by atoms with van der Waals surface area (Å²) in [5, 5.41) is 13.6. The number of rotatable bonds is 6. The molecule has 2 N–H and O–H groups in total. The molecule has 0 atom stereocenters. The highest BCUT2D eigenvalue weighted by Gasteiger charge is 2.29. The van der Waals surface area contributed by atoms with E-state index in [0.717, 1.165) is 38.8 Å². The van der Waals surface area contributed by atoms with Gasteiger partial charge in [-0.3, -0.25) is 10.1 Å². The first kappa shape index (κ1) is 13.5. The molecule has 1 amide bonds. The molecule has 1 aromatic heterocycles. The van der Waals surface area contributed by atoms with Gasteiger partial charge in [0.15, 0.2) is 0 Å². The van der Waals surface area contributed by atoms with Crippen LogP contribution in [0.3, 0.4) is 0 Å². The van der Waals surface area contributed by atoms with Gasteiger partial charge in [-0.1, -0.05) is 5.10 Å². The molecule has 0 radical (unpaired) electrons. The van der Waals surface area contributed by atoms with Gasteiger partial charge in [-0.25, -0.2) is 0 Å². The molecule has 0 aromatic carbocycles. The zero-order valence-electron chi connectivity index (χ0n) is 11.4. The van der Waals surface area contributed by atoms with Crippen LogP contribution in [0, 0.1) is 0 Å². The van der Waals surface area contributed by atoms with Crippen LogP contribution in [0.2, 0.25) is 0 Å². The van der Waals surface area contributed by atoms with E-state index >= 15 is 0 Å². The Morgan fingerprint density at radius 2 is 2.10 bits per heavy atom. The van der Waals surface area contributed by atoms with Crippen LogP contribution in [0.1, 0.15) is 43.9 Å². The molecule has 1 saturated heterocycles. The van der Waals surface area contributed by atoms with Crippen LogP contribution < -0.4 is 10.6 Å². The molecule has 2 heterocycles. The van der Waals surface area contributed by atoms with E-state index in [1.807, 2.05) is 0 Å². The van der Waals surface area contributed by atoms with Crippen LogP contribution in [0.4, 0.5) is 6.01 Å². The van der Waals surface area contributed by atoms with Crippen molar-refractivity contribution in [1.82, 2.24) is 15.5 Å². The number of hydrogen-bond donors (Lipinski definition) is 2. The predicted octanol–water partition coefficient (Wildman–Crippen LogP) is 1.04. The zero-order chi connectivity index (χ0) is 13.8. The van der Waals surface area contributed by atoms with Crippen molar-refractivity contribution in [2.75, 3.05) is 25.0 Å². The summed E-state index contributed by atoms with van der Waals surface area (Å²) in [6, 6.07) is 0.193. The molecule has 2 fully saturated rings. The van der Waals surface area contributed by atoms with Crippen LogP contribution in [-0.2, 0) is 9.53 Å². The van der Waals surface area contributed by atoms with E-state index in [-0.39, 0.29) is 18.0 Å². The standard InChI is InChI=1S/C13H20N4O3/c18-11(5-8-19-10-3-6-14-7-4-10)15-13-17-16-12(20-13)9-1-2-9/h9-10,14H,1-8H2,(H,15,17,18). The Morgan fingerprint density at radius 1 is 1.30 bits per heavy atom. The second-order valence-corrected chi connectivity index (χ2v) is 5.34. The van der Waals surface area contributed by atoms with Crippen molar-refractivity contribution in [2.45, 2.75) is 44.1 Å². The fourth-order valence-corrected chi connectivity index (χ4v) is 2.24. The van der Waals surface area contributed by atoms with Crippen LogP contribution in [0.15, 0.2) is 4.42 Å². The Morgan fingerprint density at radius 3 is 2.85 bits per heavy atom. The average molecular weight is 280 g/mol. The van der Waals surface area contributed by atoms with Crippen molar-refractivity contribution < 1.29 is 13.9 Å². The molecule has 2 aliphatic rings. The van der Waals surface area contributed by atoms with Crippen molar-refractivity contribution in [2.24, 2.45) is 0 Å². The molecule has 20 heavy (non-hydrogen) atoms. The molecule has 7 heteroatoms. The van der Waals surface area contributed by atoms with Gasteiger partial charge in [0.2, 0.25) is 11.8 Å². The van der Waals surface area contributed by atoms with Crippen LogP contribution in [0.25, 0.3) is 0 Å². The van der Waals surface area contributed by atoms with Crippen molar-refractivity contribution in [3.8, 4) is 0 Å². The molecule has 1 aromatic rings. The Hall–Kier alpha value is -1.47. The number of hydrogen-bond acceptors (Lipinski definition) is 6. The van der Waals surface area contributed by atoms with Gasteiger partial charge in [0.25, 0.3) is 0 Å². The van der Waals surface area contributed by atoms with Crippen LogP contribution in [0.5, 0.6) is 0 Å². The average Bonchev–Trinajstić information content (AvgIpc) is 3.21. The fourth-order valence-electron chi connectivity index (χ4n) is 2.24. The minimum absolute atomic E-state index is 0.148. The SMILES string of the molecule is O=C(CCOC1CCNCC1)Nc1nnc(C2CC2)o1. The summed E-state index contributed by atoms with van der Waals surface area (Å²) in [5.41, 5.74) is 0. The molecule has 0 unspecified atom stereocenters. The van der Waals surface area contributed by atoms with E-state index in [1.165, 1.54) is 0 Å². The fraction of sp³-hybridized carbons (Fsp3) is 0.769. The minimum atomic E-state index is -0.148. The summed E-state index contributed by atoms with van der Waals surface area (Å²) in [5.74, 6) is 0.882. The van der Waals surface area contributed by atoms with E-state index in [9.17, 15) is 4.79 Å². The van der Waals surface area contributed by atoms with Crippen LogP contribution >= 0.6 is 0 Å². The molecule has 110 valence electrons. The predicted molar refractivity (Wildman–Crippen MR) is 71.4 cm³/mol. The maximum Gasteiger partial charge on any atom is 0.322 e. The maximum absolute atomic E-state index is 11.7. The number of aromatic nitrogens is 2. The van der Waals surface area contributed by atoms with Crippen molar-refractivity contribution >= 4 is 11.9 Å². The first-order valence-electron chi connectivity index (χ1n) is 7.27. The number of nitrogens with zero attached hydrogens (tertiary/aromatic N) is 2. The van der Waals surface area contributed by atoms with Crippen molar-refractivity contribution in [3.05, 3.63) is 5.89 Å². The normalized spacial score (nSPS) is 20.0. The van der Waals surface area contributed by atoms with Gasteiger partial charge < -0.3 is 14.5 Å². The molecule has 1 aliphatic heterocycles. The Kier molecular flexibility index (Phi) is 4.27. The highest BCUT2D eigenvalue weighted by Crippen LogP contribution is 2.39. The molecule has 0 spiro atoms. The van der Waals surface area contributed by atoms with Gasteiger partial charge in [0.05, 0.1) is 19.1 Å². The number of piperidine rings is 1. The molecule has 0 bridgehead atoms. The highest BCUT2D eigenvalue weighted by atomic mass is 16.5. The molecule has 1 saturated carbocycles. The summed E-state index contributed by atoms with van der Waals surface area (Å²) < 4.78 is 11.0. The summed E-state index contributed by atoms with van der Waals surface area (Å²) in [4.78, 5) is 11.7. The lowest BCUT2D eigenvalue weighted by molar-refractivity contribution is -0.117. The zero-order valence-corrected chi connectivity index (χ0v) is 11.4. The Balaban J connectivity index is 1.35. The summed E-state index contributed by atoms with van der Waals surface area (Å²) in [6.45, 7) is 2.41. The summed E-state index contributed by atoms with van der Waals surface area (Å²) in [7, 11) is 0. The lowest BCUT2D eigenvalue weighted by atomic mass is 10.1. The quantitative estimate of drug-likeness (QED) is 0.809. The van der Waals surface area contributed by atoms with E-state index in [2.05, 4.69) is 20.8 Å². The van der Waals surface area contributed by atoms with E-state index in [1.54, 1.807) is 0 Å². The molecule has 3 rings (SSSR count). The molecule has 1 aliphatic carbocycles. The second-order valence-electron chi connectivity index (χ2n) is 5.34. The Labute approximate surface area is 117 Å². The Bertz CT molecular complexity index is 452. The summed E-state index contributed by atoms with van der Waals surface area (Å²) >= 11 is 0. The van der Waals surface area contributed by atoms with Gasteiger partial charge in [-0.15, -0.1) is 5.10 Å². The first-order chi connectivity index (χ1) is 9.81. The van der Waals surface area contributed by atoms with Gasteiger partial charge in [-0.05, 0) is 38.8 Å². The third-order valence-electron chi connectivity index (χ3n) is 3.58. The molecular formula is C13H20N4O3. The van der Waals surface area contributed by atoms with Gasteiger partial charge in [-0.2, -0.15) is 0 Å². The highest BCUT2D eigenvalue weighted by molar-refractivity contribution is 5.88. The first-order valence-corrected chi connectivity index (χ1v) is 7.27. The number of amides is 1. The van der Waals surface area contributed by atoms with Gasteiger partial charge in [0, 0.05) is 5.92 Å². The lowest BCUT2D eigenvalue weighted by Gasteiger charge is -2.22. The third kappa shape index (κ3) is 3.77. The van der Waals surface area contributed by atoms with Crippen molar-refractivity contribution in [3.63, 3.8) is 0 Å². The smallest absolute Gasteiger partial charge is 0.322 e. The van der Waals surface area contributed by atoms with E-state index in [0.29, 0.717) is 24.8 Å². The number of anilines is 1. The number of carbonyl (C=O) groups excluding carboxylic acids is 1. The maximum atomic E-state index is 11.7. The van der Waals surface area contributed by atoms with Gasteiger partial charge in [0.1, 0.15) is 0 Å². The second kappa shape index (κ2) is 6.32. The molecule has 7 nitrogen and oxygen atoms in total. The minimum Gasteiger partial charge on any atom is -0.408 e. The largest absolute Gasteiger partial charge is 0.408 e. The number of nitrogens with one attached hydrogen (secondary N) is 2. The number of carbonyl (C=O) groups is 1. The van der Waals surface area contributed by atoms with Crippen molar-refractivity contribution in [1.29, 1.82) is 0 Å². The number of ether oxygens (including phenoxy) is 1. The monoisotopic (exact) mass is 280 g/mol. The topological polar surface area (TPSA) is 89.3 Å². The van der Waals surface area contributed by atoms with Crippen LogP contribution in [-0.4, -0.2) is 41.9 Å². The van der Waals surface area contributed by atoms with E-state index < -0.39 is 0 Å². The summed E-state index contributed by atoms with van der Waals surface area (Å²) in [6.07, 6.45) is 4.80. The van der Waals surface area contributed by atoms with E-state index in [4.69, 9.17) is 9.15 Å². The van der Waals surface area contributed by atoms with Gasteiger partial charge >= 0.3 is 6.01 Å². The third-order valence-corrected chi connectivity index (χ3v) is 3.58.